The van der Waals surface area contributed by atoms with Crippen molar-refractivity contribution in [1.29, 1.82) is 0 Å². The highest BCUT2D eigenvalue weighted by Gasteiger charge is 2.33. The summed E-state index contributed by atoms with van der Waals surface area (Å²) in [4.78, 5) is 33.1. The van der Waals surface area contributed by atoms with Crippen molar-refractivity contribution in [2.45, 2.75) is 38.1 Å². The molecule has 1 atom stereocenters. The lowest BCUT2D eigenvalue weighted by Gasteiger charge is -2.30. The molecule has 3 heterocycles. The molecular formula is C18H21N3O2S. The van der Waals surface area contributed by atoms with Gasteiger partial charge in [0.05, 0.1) is 22.8 Å². The van der Waals surface area contributed by atoms with E-state index in [-0.39, 0.29) is 24.4 Å². The van der Waals surface area contributed by atoms with E-state index in [1.54, 1.807) is 16.2 Å². The Balaban J connectivity index is 1.51. The van der Waals surface area contributed by atoms with E-state index in [9.17, 15) is 9.59 Å². The molecule has 0 bridgehead atoms. The molecule has 1 aromatic heterocycles. The Kier molecular flexibility index (Phi) is 4.22. The van der Waals surface area contributed by atoms with Gasteiger partial charge in [-0.05, 0) is 37.8 Å². The third-order valence-corrected chi connectivity index (χ3v) is 6.05. The summed E-state index contributed by atoms with van der Waals surface area (Å²) in [6.45, 7) is 1.70. The zero-order chi connectivity index (χ0) is 16.5. The van der Waals surface area contributed by atoms with E-state index < -0.39 is 0 Å². The van der Waals surface area contributed by atoms with E-state index >= 15 is 0 Å². The van der Waals surface area contributed by atoms with Crippen molar-refractivity contribution in [2.75, 3.05) is 19.6 Å². The third-order valence-electron chi connectivity index (χ3n) is 4.92. The van der Waals surface area contributed by atoms with Crippen LogP contribution in [0.3, 0.4) is 0 Å². The Morgan fingerprint density at radius 3 is 2.92 bits per heavy atom. The van der Waals surface area contributed by atoms with Gasteiger partial charge in [-0.2, -0.15) is 0 Å². The quantitative estimate of drug-likeness (QED) is 0.861. The van der Waals surface area contributed by atoms with Crippen LogP contribution in [0.5, 0.6) is 0 Å². The number of thiazole rings is 1. The fraction of sp³-hybridized carbons (Fsp3) is 0.500. The van der Waals surface area contributed by atoms with Crippen LogP contribution < -0.4 is 0 Å². The summed E-state index contributed by atoms with van der Waals surface area (Å²) >= 11 is 1.68. The zero-order valence-corrected chi connectivity index (χ0v) is 14.4. The number of benzene rings is 1. The largest absolute Gasteiger partial charge is 0.333 e. The predicted octanol–water partition coefficient (Wildman–Crippen LogP) is 2.97. The number of rotatable bonds is 3. The Morgan fingerprint density at radius 1 is 1.21 bits per heavy atom. The number of hydrogen-bond acceptors (Lipinski definition) is 4. The van der Waals surface area contributed by atoms with Crippen LogP contribution in [0.25, 0.3) is 10.2 Å². The number of nitrogens with zero attached hydrogens (tertiary/aromatic N) is 3. The molecule has 1 unspecified atom stereocenters. The van der Waals surface area contributed by atoms with E-state index in [2.05, 4.69) is 6.07 Å². The van der Waals surface area contributed by atoms with E-state index in [1.165, 1.54) is 0 Å². The second kappa shape index (κ2) is 6.51. The number of fused-ring (bicyclic) bond motifs is 1. The maximum Gasteiger partial charge on any atom is 0.242 e. The maximum absolute atomic E-state index is 12.8. The predicted molar refractivity (Wildman–Crippen MR) is 93.7 cm³/mol. The minimum absolute atomic E-state index is 0.0620. The van der Waals surface area contributed by atoms with Crippen molar-refractivity contribution in [2.24, 2.45) is 0 Å². The summed E-state index contributed by atoms with van der Waals surface area (Å²) in [6.07, 6.45) is 4.48. The highest BCUT2D eigenvalue weighted by atomic mass is 32.1. The Hall–Kier alpha value is -1.95. The second-order valence-corrected chi connectivity index (χ2v) is 7.60. The summed E-state index contributed by atoms with van der Waals surface area (Å²) in [5.74, 6) is 0.178. The van der Waals surface area contributed by atoms with Crippen LogP contribution in [0.2, 0.25) is 0 Å². The summed E-state index contributed by atoms with van der Waals surface area (Å²) in [5.41, 5.74) is 1.00. The molecule has 2 saturated heterocycles. The van der Waals surface area contributed by atoms with Gasteiger partial charge in [0.25, 0.3) is 0 Å². The Labute approximate surface area is 145 Å². The first-order chi connectivity index (χ1) is 11.7. The molecule has 1 aromatic carbocycles. The molecule has 2 aromatic rings. The van der Waals surface area contributed by atoms with Gasteiger partial charge in [-0.3, -0.25) is 9.59 Å². The standard InChI is InChI=1S/C18H21N3O2S/c22-16-9-3-4-10-20(16)12-17(23)21-11-5-7-14(21)18-19-13-6-1-2-8-15(13)24-18/h1-2,6,8,14H,3-5,7,9-12H2. The first kappa shape index (κ1) is 15.6. The summed E-state index contributed by atoms with van der Waals surface area (Å²) in [5, 5.41) is 1.02. The highest BCUT2D eigenvalue weighted by molar-refractivity contribution is 7.18. The van der Waals surface area contributed by atoms with Gasteiger partial charge in [-0.25, -0.2) is 4.98 Å². The minimum atomic E-state index is 0.0620. The van der Waals surface area contributed by atoms with Crippen molar-refractivity contribution in [3.05, 3.63) is 29.3 Å². The molecule has 2 fully saturated rings. The van der Waals surface area contributed by atoms with E-state index in [0.717, 1.165) is 47.5 Å². The number of aromatic nitrogens is 1. The van der Waals surface area contributed by atoms with Gasteiger partial charge in [0.1, 0.15) is 5.01 Å². The molecule has 0 saturated carbocycles. The molecular weight excluding hydrogens is 322 g/mol. The fourth-order valence-corrected chi connectivity index (χ4v) is 4.75. The van der Waals surface area contributed by atoms with Gasteiger partial charge in [0, 0.05) is 19.5 Å². The lowest BCUT2D eigenvalue weighted by Crippen LogP contribution is -2.44. The molecule has 0 N–H and O–H groups in total. The van der Waals surface area contributed by atoms with E-state index in [4.69, 9.17) is 4.98 Å². The lowest BCUT2D eigenvalue weighted by atomic mass is 10.1. The van der Waals surface area contributed by atoms with Gasteiger partial charge in [0.2, 0.25) is 11.8 Å². The van der Waals surface area contributed by atoms with Crippen LogP contribution in [-0.4, -0.2) is 46.2 Å². The van der Waals surface area contributed by atoms with Crippen LogP contribution in [0.4, 0.5) is 0 Å². The number of hydrogen-bond donors (Lipinski definition) is 0. The smallest absolute Gasteiger partial charge is 0.242 e. The molecule has 6 heteroatoms. The number of para-hydroxylation sites is 1. The van der Waals surface area contributed by atoms with Crippen molar-refractivity contribution in [3.63, 3.8) is 0 Å². The number of piperidine rings is 1. The number of carbonyl (C=O) groups is 2. The van der Waals surface area contributed by atoms with Crippen LogP contribution >= 0.6 is 11.3 Å². The van der Waals surface area contributed by atoms with Crippen LogP contribution in [0, 0.1) is 0 Å². The average Bonchev–Trinajstić information content (AvgIpc) is 3.23. The number of carbonyl (C=O) groups excluding carboxylic acids is 2. The number of likely N-dealkylation sites (tertiary alicyclic amines) is 2. The van der Waals surface area contributed by atoms with Crippen molar-refractivity contribution in [1.82, 2.24) is 14.8 Å². The van der Waals surface area contributed by atoms with Gasteiger partial charge < -0.3 is 9.80 Å². The van der Waals surface area contributed by atoms with Crippen LogP contribution in [0.1, 0.15) is 43.2 Å². The minimum Gasteiger partial charge on any atom is -0.333 e. The third kappa shape index (κ3) is 2.90. The van der Waals surface area contributed by atoms with E-state index in [0.29, 0.717) is 13.0 Å². The average molecular weight is 343 g/mol. The molecule has 2 aliphatic rings. The molecule has 2 amide bonds. The summed E-state index contributed by atoms with van der Waals surface area (Å²) in [7, 11) is 0. The molecule has 24 heavy (non-hydrogen) atoms. The van der Waals surface area contributed by atoms with Gasteiger partial charge in [0.15, 0.2) is 0 Å². The van der Waals surface area contributed by atoms with Gasteiger partial charge in [-0.15, -0.1) is 11.3 Å². The molecule has 2 aliphatic heterocycles. The molecule has 0 radical (unpaired) electrons. The summed E-state index contributed by atoms with van der Waals surface area (Å²) < 4.78 is 1.16. The number of amides is 2. The molecule has 5 nitrogen and oxygen atoms in total. The fourth-order valence-electron chi connectivity index (χ4n) is 3.64. The molecule has 4 rings (SSSR count). The first-order valence-electron chi connectivity index (χ1n) is 8.65. The van der Waals surface area contributed by atoms with Crippen molar-refractivity contribution < 1.29 is 9.59 Å². The molecule has 0 spiro atoms. The first-order valence-corrected chi connectivity index (χ1v) is 9.47. The SMILES string of the molecule is O=C1CCCCN1CC(=O)N1CCCC1c1nc2ccccc2s1. The Morgan fingerprint density at radius 2 is 2.08 bits per heavy atom. The van der Waals surface area contributed by atoms with Crippen LogP contribution in [-0.2, 0) is 9.59 Å². The van der Waals surface area contributed by atoms with Crippen molar-refractivity contribution >= 4 is 33.4 Å². The normalized spacial score (nSPS) is 21.7. The monoisotopic (exact) mass is 343 g/mol. The maximum atomic E-state index is 12.8. The van der Waals surface area contributed by atoms with Crippen molar-refractivity contribution in [3.8, 4) is 0 Å². The molecule has 0 aliphatic carbocycles. The van der Waals surface area contributed by atoms with E-state index in [1.807, 2.05) is 23.1 Å². The summed E-state index contributed by atoms with van der Waals surface area (Å²) in [6, 6.07) is 8.16. The lowest BCUT2D eigenvalue weighted by molar-refractivity contribution is -0.142. The zero-order valence-electron chi connectivity index (χ0n) is 13.6. The topological polar surface area (TPSA) is 53.5 Å². The Bertz CT molecular complexity index is 739. The van der Waals surface area contributed by atoms with Gasteiger partial charge >= 0.3 is 0 Å². The molecule has 126 valence electrons. The van der Waals surface area contributed by atoms with Crippen LogP contribution in [0.15, 0.2) is 24.3 Å². The highest BCUT2D eigenvalue weighted by Crippen LogP contribution is 2.36. The second-order valence-electron chi connectivity index (χ2n) is 6.54. The van der Waals surface area contributed by atoms with Gasteiger partial charge in [-0.1, -0.05) is 12.1 Å².